The van der Waals surface area contributed by atoms with Gasteiger partial charge in [-0.05, 0) is 24.3 Å². The predicted octanol–water partition coefficient (Wildman–Crippen LogP) is 1.06. The topological polar surface area (TPSA) is 84.0 Å². The Morgan fingerprint density at radius 1 is 0.762 bits per heavy atom. The maximum Gasteiger partial charge on any atom is 0.251 e. The zero-order chi connectivity index (χ0) is 14.2. The second kappa shape index (κ2) is 8.65. The van der Waals surface area contributed by atoms with E-state index in [2.05, 4.69) is 20.6 Å². The van der Waals surface area contributed by atoms with Gasteiger partial charge in [0.2, 0.25) is 0 Å². The van der Waals surface area contributed by atoms with Gasteiger partial charge in [0.05, 0.1) is 0 Å². The molecule has 0 radical (unpaired) electrons. The number of hydrogen-bond donors (Lipinski definition) is 2. The van der Waals surface area contributed by atoms with Crippen LogP contribution in [0.3, 0.4) is 0 Å². The minimum atomic E-state index is -0.189. The molecule has 2 amide bonds. The highest BCUT2D eigenvalue weighted by atomic mass is 35.5. The van der Waals surface area contributed by atoms with Gasteiger partial charge >= 0.3 is 0 Å². The highest BCUT2D eigenvalue weighted by molar-refractivity contribution is 5.95. The Hall–Kier alpha value is -2.47. The molecule has 0 saturated heterocycles. The Balaban J connectivity index is 0.00000220. The van der Waals surface area contributed by atoms with Crippen molar-refractivity contribution in [1.29, 1.82) is 0 Å². The first-order valence-corrected chi connectivity index (χ1v) is 6.14. The maximum absolute atomic E-state index is 11.7. The fraction of sp³-hybridized carbons (Fsp3) is 0.143. The van der Waals surface area contributed by atoms with E-state index in [1.807, 2.05) is 0 Å². The van der Waals surface area contributed by atoms with Gasteiger partial charge in [-0.15, -0.1) is 12.4 Å². The van der Waals surface area contributed by atoms with Gasteiger partial charge in [0.15, 0.2) is 0 Å². The summed E-state index contributed by atoms with van der Waals surface area (Å²) >= 11 is 0. The predicted molar refractivity (Wildman–Crippen MR) is 80.4 cm³/mol. The number of nitrogens with one attached hydrogen (secondary N) is 2. The van der Waals surface area contributed by atoms with E-state index < -0.39 is 0 Å². The number of pyridine rings is 2. The molecule has 110 valence electrons. The molecule has 0 bridgehead atoms. The lowest BCUT2D eigenvalue weighted by Crippen LogP contribution is -2.34. The van der Waals surface area contributed by atoms with Gasteiger partial charge in [0, 0.05) is 49.0 Å². The fourth-order valence-electron chi connectivity index (χ4n) is 1.56. The van der Waals surface area contributed by atoms with Crippen molar-refractivity contribution < 1.29 is 9.59 Å². The third kappa shape index (κ3) is 5.19. The van der Waals surface area contributed by atoms with Crippen molar-refractivity contribution in [3.8, 4) is 0 Å². The number of amides is 2. The summed E-state index contributed by atoms with van der Waals surface area (Å²) < 4.78 is 0. The molecule has 0 aliphatic rings. The number of aromatic nitrogens is 2. The monoisotopic (exact) mass is 306 g/mol. The van der Waals surface area contributed by atoms with Crippen LogP contribution in [0.2, 0.25) is 0 Å². The van der Waals surface area contributed by atoms with Crippen LogP contribution < -0.4 is 10.6 Å². The number of halogens is 1. The molecule has 6 nitrogen and oxygen atoms in total. The van der Waals surface area contributed by atoms with Gasteiger partial charge in [-0.3, -0.25) is 19.6 Å². The van der Waals surface area contributed by atoms with Crippen LogP contribution in [0, 0.1) is 0 Å². The van der Waals surface area contributed by atoms with Gasteiger partial charge in [0.25, 0.3) is 11.8 Å². The Bertz CT molecular complexity index is 525. The minimum Gasteiger partial charge on any atom is -0.350 e. The first kappa shape index (κ1) is 16.6. The van der Waals surface area contributed by atoms with E-state index in [9.17, 15) is 9.59 Å². The minimum absolute atomic E-state index is 0. The van der Waals surface area contributed by atoms with Crippen molar-refractivity contribution in [3.05, 3.63) is 60.2 Å². The van der Waals surface area contributed by atoms with Gasteiger partial charge in [-0.25, -0.2) is 0 Å². The van der Waals surface area contributed by atoms with Crippen LogP contribution in [0.1, 0.15) is 20.7 Å². The van der Waals surface area contributed by atoms with Gasteiger partial charge in [0.1, 0.15) is 0 Å². The van der Waals surface area contributed by atoms with Gasteiger partial charge in [-0.1, -0.05) is 0 Å². The molecule has 0 atom stereocenters. The Kier molecular flexibility index (Phi) is 6.83. The summed E-state index contributed by atoms with van der Waals surface area (Å²) in [6.45, 7) is 0.718. The van der Waals surface area contributed by atoms with Crippen LogP contribution in [0.25, 0.3) is 0 Å². The number of carbonyl (C=O) groups is 2. The smallest absolute Gasteiger partial charge is 0.251 e. The Labute approximate surface area is 128 Å². The average Bonchev–Trinajstić information content (AvgIpc) is 2.53. The SMILES string of the molecule is Cl.O=C(NCCNC(=O)c1ccncc1)c1ccncc1. The summed E-state index contributed by atoms with van der Waals surface area (Å²) in [6.07, 6.45) is 6.22. The molecule has 0 saturated carbocycles. The molecule has 0 spiro atoms. The van der Waals surface area contributed by atoms with Crippen molar-refractivity contribution in [2.24, 2.45) is 0 Å². The van der Waals surface area contributed by atoms with Crippen molar-refractivity contribution in [2.45, 2.75) is 0 Å². The van der Waals surface area contributed by atoms with E-state index in [4.69, 9.17) is 0 Å². The van der Waals surface area contributed by atoms with Crippen molar-refractivity contribution >= 4 is 24.2 Å². The number of rotatable bonds is 5. The average molecular weight is 307 g/mol. The van der Waals surface area contributed by atoms with Crippen LogP contribution in [-0.4, -0.2) is 34.9 Å². The van der Waals surface area contributed by atoms with Gasteiger partial charge in [-0.2, -0.15) is 0 Å². The molecule has 0 aromatic carbocycles. The van der Waals surface area contributed by atoms with Crippen LogP contribution in [0.15, 0.2) is 49.1 Å². The number of carbonyl (C=O) groups excluding carboxylic acids is 2. The summed E-state index contributed by atoms with van der Waals surface area (Å²) in [7, 11) is 0. The fourth-order valence-corrected chi connectivity index (χ4v) is 1.56. The Morgan fingerprint density at radius 2 is 1.10 bits per heavy atom. The van der Waals surface area contributed by atoms with E-state index in [0.29, 0.717) is 24.2 Å². The van der Waals surface area contributed by atoms with E-state index in [1.54, 1.807) is 49.1 Å². The molecule has 2 N–H and O–H groups in total. The molecule has 0 aliphatic heterocycles. The third-order valence-corrected chi connectivity index (χ3v) is 2.58. The first-order chi connectivity index (χ1) is 9.77. The van der Waals surface area contributed by atoms with Gasteiger partial charge < -0.3 is 10.6 Å². The summed E-state index contributed by atoms with van der Waals surface area (Å²) in [4.78, 5) is 31.1. The van der Waals surface area contributed by atoms with Crippen molar-refractivity contribution in [2.75, 3.05) is 13.1 Å². The molecule has 21 heavy (non-hydrogen) atoms. The number of nitrogens with zero attached hydrogens (tertiary/aromatic N) is 2. The second-order valence-corrected chi connectivity index (χ2v) is 3.98. The molecule has 7 heteroatoms. The van der Waals surface area contributed by atoms with Crippen molar-refractivity contribution in [3.63, 3.8) is 0 Å². The lowest BCUT2D eigenvalue weighted by molar-refractivity contribution is 0.0927. The molecular formula is C14H15ClN4O2. The van der Waals surface area contributed by atoms with Crippen LogP contribution in [0.4, 0.5) is 0 Å². The Morgan fingerprint density at radius 3 is 1.43 bits per heavy atom. The largest absolute Gasteiger partial charge is 0.350 e. The summed E-state index contributed by atoms with van der Waals surface area (Å²) in [5.41, 5.74) is 1.08. The second-order valence-electron chi connectivity index (χ2n) is 3.98. The third-order valence-electron chi connectivity index (χ3n) is 2.58. The van der Waals surface area contributed by atoms with Crippen LogP contribution in [-0.2, 0) is 0 Å². The van der Waals surface area contributed by atoms with Crippen LogP contribution >= 0.6 is 12.4 Å². The normalized spacial score (nSPS) is 9.33. The zero-order valence-electron chi connectivity index (χ0n) is 11.2. The lowest BCUT2D eigenvalue weighted by Gasteiger charge is -2.07. The first-order valence-electron chi connectivity index (χ1n) is 6.14. The molecule has 2 rings (SSSR count). The highest BCUT2D eigenvalue weighted by Crippen LogP contribution is 1.96. The van der Waals surface area contributed by atoms with E-state index >= 15 is 0 Å². The van der Waals surface area contributed by atoms with Crippen molar-refractivity contribution in [1.82, 2.24) is 20.6 Å². The summed E-state index contributed by atoms with van der Waals surface area (Å²) in [5.74, 6) is -0.379. The maximum atomic E-state index is 11.7. The molecule has 2 aromatic rings. The van der Waals surface area contributed by atoms with E-state index in [-0.39, 0.29) is 24.2 Å². The molecular weight excluding hydrogens is 292 g/mol. The van der Waals surface area contributed by atoms with E-state index in [0.717, 1.165) is 0 Å². The zero-order valence-corrected chi connectivity index (χ0v) is 12.0. The van der Waals surface area contributed by atoms with E-state index in [1.165, 1.54) is 0 Å². The molecule has 0 fully saturated rings. The summed E-state index contributed by atoms with van der Waals surface area (Å²) in [5, 5.41) is 5.42. The summed E-state index contributed by atoms with van der Waals surface area (Å²) in [6, 6.07) is 6.52. The molecule has 0 aliphatic carbocycles. The molecule has 2 heterocycles. The standard InChI is InChI=1S/C14H14N4O2.ClH/c19-13(11-1-5-15-6-2-11)17-9-10-18-14(20)12-3-7-16-8-4-12;/h1-8H,9-10H2,(H,17,19)(H,18,20);1H. The highest BCUT2D eigenvalue weighted by Gasteiger charge is 2.05. The molecule has 0 unspecified atom stereocenters. The van der Waals surface area contributed by atoms with Crippen LogP contribution in [0.5, 0.6) is 0 Å². The molecule has 2 aromatic heterocycles. The number of hydrogen-bond acceptors (Lipinski definition) is 4. The lowest BCUT2D eigenvalue weighted by atomic mass is 10.2. The quantitative estimate of drug-likeness (QED) is 0.809.